The fraction of sp³-hybridized carbons (Fsp3) is 0.458. The third-order valence-electron chi connectivity index (χ3n) is 5.31. The van der Waals surface area contributed by atoms with E-state index < -0.39 is 53.2 Å². The van der Waals surface area contributed by atoms with E-state index >= 15 is 0 Å². The Morgan fingerprint density at radius 1 is 1.03 bits per heavy atom. The van der Waals surface area contributed by atoms with Crippen LogP contribution in [0.4, 0.5) is 4.39 Å². The van der Waals surface area contributed by atoms with Gasteiger partial charge >= 0.3 is 0 Å². The number of rotatable bonds is 16. The summed E-state index contributed by atoms with van der Waals surface area (Å²) in [6, 6.07) is 3.87. The van der Waals surface area contributed by atoms with Gasteiger partial charge in [-0.25, -0.2) is 4.39 Å². The van der Waals surface area contributed by atoms with Gasteiger partial charge in [-0.15, -0.1) is 0 Å². The van der Waals surface area contributed by atoms with Gasteiger partial charge in [-0.2, -0.15) is 0 Å². The molecular weight excluding hydrogens is 457 g/mol. The van der Waals surface area contributed by atoms with E-state index in [-0.39, 0.29) is 19.3 Å². The van der Waals surface area contributed by atoms with E-state index in [0.717, 1.165) is 6.08 Å². The van der Waals surface area contributed by atoms with Crippen LogP contribution < -0.4 is 27.8 Å². The summed E-state index contributed by atoms with van der Waals surface area (Å²) in [6.45, 7) is 1.91. The molecule has 1 aromatic carbocycles. The van der Waals surface area contributed by atoms with Crippen molar-refractivity contribution < 1.29 is 28.4 Å². The molecule has 11 heteroatoms. The highest BCUT2D eigenvalue weighted by atomic mass is 19.1. The number of hydrogen-bond donors (Lipinski definition) is 5. The minimum atomic E-state index is -0.931. The maximum Gasteiger partial charge on any atom is 0.244 e. The van der Waals surface area contributed by atoms with Crippen molar-refractivity contribution in [3.8, 4) is 0 Å². The molecule has 4 amide bonds. The molecule has 35 heavy (non-hydrogen) atoms. The van der Waals surface area contributed by atoms with E-state index in [1.807, 2.05) is 0 Å². The van der Waals surface area contributed by atoms with Gasteiger partial charge < -0.3 is 27.8 Å². The Balaban J connectivity index is 2.57. The van der Waals surface area contributed by atoms with Crippen LogP contribution in [0.3, 0.4) is 0 Å². The lowest BCUT2D eigenvalue weighted by Crippen LogP contribution is -2.44. The number of ketones is 1. The Bertz CT molecular complexity index is 937. The molecule has 8 N–H and O–H groups in total. The average molecular weight is 492 g/mol. The van der Waals surface area contributed by atoms with Gasteiger partial charge in [0.05, 0.1) is 6.04 Å². The maximum atomic E-state index is 13.2. The van der Waals surface area contributed by atoms with Crippen molar-refractivity contribution in [2.75, 3.05) is 6.54 Å². The molecule has 0 aliphatic heterocycles. The normalized spacial score (nSPS) is 13.6. The molecule has 0 radical (unpaired) electrons. The standard InChI is InChI=1S/C24H34FN5O5/c1-15(29-21(32)10-8-16-5-4-6-18(25)13-16)20(31)14-17(23(27)34)9-11-22(33)30-19(24(28)35)7-2-3-12-26/h4-6,8,10,13,15,17,19H,2-3,7,9,11-12,14,26H2,1H3,(H2,27,34)(H2,28,35)(H,29,32)(H,30,33)/b10-8+/t15?,17-,19?/m1/s1. The number of carbonyl (C=O) groups is 5. The van der Waals surface area contributed by atoms with E-state index in [2.05, 4.69) is 10.6 Å². The zero-order chi connectivity index (χ0) is 26.4. The SMILES string of the molecule is CC(NC(=O)/C=C/c1cccc(F)c1)C(=O)C[C@@H](CCC(=O)NC(CCCCN)C(N)=O)C(N)=O. The van der Waals surface area contributed by atoms with Crippen LogP contribution in [0.25, 0.3) is 6.08 Å². The molecule has 0 fully saturated rings. The number of nitrogens with one attached hydrogen (secondary N) is 2. The molecule has 0 spiro atoms. The Hall–Kier alpha value is -3.60. The highest BCUT2D eigenvalue weighted by molar-refractivity contribution is 5.97. The summed E-state index contributed by atoms with van der Waals surface area (Å²) in [5, 5.41) is 5.00. The molecule has 1 rings (SSSR count). The molecule has 2 unspecified atom stereocenters. The molecule has 0 bridgehead atoms. The van der Waals surface area contributed by atoms with Gasteiger partial charge in [-0.3, -0.25) is 24.0 Å². The second kappa shape index (κ2) is 15.3. The van der Waals surface area contributed by atoms with Crippen molar-refractivity contribution in [1.82, 2.24) is 10.6 Å². The van der Waals surface area contributed by atoms with Crippen molar-refractivity contribution >= 4 is 35.5 Å². The summed E-state index contributed by atoms with van der Waals surface area (Å²) < 4.78 is 13.2. The van der Waals surface area contributed by atoms with E-state index in [0.29, 0.717) is 31.4 Å². The average Bonchev–Trinajstić information content (AvgIpc) is 2.79. The fourth-order valence-electron chi connectivity index (χ4n) is 3.24. The second-order valence-corrected chi connectivity index (χ2v) is 8.23. The van der Waals surface area contributed by atoms with Gasteiger partial charge in [0, 0.05) is 24.8 Å². The number of halogens is 1. The third-order valence-corrected chi connectivity index (χ3v) is 5.31. The van der Waals surface area contributed by atoms with Crippen LogP contribution in [-0.2, 0) is 24.0 Å². The summed E-state index contributed by atoms with van der Waals surface area (Å²) in [7, 11) is 0. The molecule has 10 nitrogen and oxygen atoms in total. The number of Topliss-reactive ketones (excluding diaryl/α,β-unsaturated/α-hetero) is 1. The first-order valence-electron chi connectivity index (χ1n) is 11.4. The van der Waals surface area contributed by atoms with Crippen LogP contribution in [-0.4, -0.2) is 48.0 Å². The van der Waals surface area contributed by atoms with Gasteiger partial charge in [-0.05, 0) is 62.9 Å². The van der Waals surface area contributed by atoms with Crippen LogP contribution in [0.15, 0.2) is 30.3 Å². The first-order chi connectivity index (χ1) is 16.5. The lowest BCUT2D eigenvalue weighted by atomic mass is 9.93. The monoisotopic (exact) mass is 491 g/mol. The molecule has 0 saturated carbocycles. The molecule has 1 aromatic rings. The topological polar surface area (TPSA) is 187 Å². The molecule has 0 aliphatic rings. The lowest BCUT2D eigenvalue weighted by molar-refractivity contribution is -0.130. The quantitative estimate of drug-likeness (QED) is 0.163. The summed E-state index contributed by atoms with van der Waals surface area (Å²) in [4.78, 5) is 60.1. The van der Waals surface area contributed by atoms with Gasteiger partial charge in [0.15, 0.2) is 5.78 Å². The van der Waals surface area contributed by atoms with Crippen LogP contribution in [0.5, 0.6) is 0 Å². The molecule has 3 atom stereocenters. The van der Waals surface area contributed by atoms with Crippen molar-refractivity contribution in [3.05, 3.63) is 41.7 Å². The summed E-state index contributed by atoms with van der Waals surface area (Å²) in [6.07, 6.45) is 3.78. The predicted octanol–water partition coefficient (Wildman–Crippen LogP) is 0.284. The van der Waals surface area contributed by atoms with E-state index in [1.165, 1.54) is 31.2 Å². The number of nitrogens with two attached hydrogens (primary N) is 3. The van der Waals surface area contributed by atoms with Crippen molar-refractivity contribution in [2.24, 2.45) is 23.1 Å². The van der Waals surface area contributed by atoms with Crippen LogP contribution in [0, 0.1) is 11.7 Å². The van der Waals surface area contributed by atoms with Crippen molar-refractivity contribution in [1.29, 1.82) is 0 Å². The summed E-state index contributed by atoms with van der Waals surface area (Å²) >= 11 is 0. The largest absolute Gasteiger partial charge is 0.369 e. The van der Waals surface area contributed by atoms with E-state index in [9.17, 15) is 28.4 Å². The molecule has 192 valence electrons. The van der Waals surface area contributed by atoms with E-state index in [4.69, 9.17) is 17.2 Å². The fourth-order valence-corrected chi connectivity index (χ4v) is 3.24. The summed E-state index contributed by atoms with van der Waals surface area (Å²) in [5.74, 6) is -4.32. The van der Waals surface area contributed by atoms with Crippen LogP contribution in [0.2, 0.25) is 0 Å². The summed E-state index contributed by atoms with van der Waals surface area (Å²) in [5.41, 5.74) is 16.6. The predicted molar refractivity (Wildman–Crippen MR) is 129 cm³/mol. The number of primary amides is 2. The number of carbonyl (C=O) groups excluding carboxylic acids is 5. The van der Waals surface area contributed by atoms with Crippen LogP contribution in [0.1, 0.15) is 51.0 Å². The zero-order valence-electron chi connectivity index (χ0n) is 19.8. The smallest absolute Gasteiger partial charge is 0.244 e. The number of amides is 4. The molecule has 0 saturated heterocycles. The molecule has 0 aliphatic carbocycles. The molecular formula is C24H34FN5O5. The minimum absolute atomic E-state index is 0.0126. The van der Waals surface area contributed by atoms with Gasteiger partial charge in [0.2, 0.25) is 23.6 Å². The van der Waals surface area contributed by atoms with Gasteiger partial charge in [-0.1, -0.05) is 12.1 Å². The molecule has 0 heterocycles. The highest BCUT2D eigenvalue weighted by Gasteiger charge is 2.25. The Kier molecular flexibility index (Phi) is 12.9. The van der Waals surface area contributed by atoms with Gasteiger partial charge in [0.25, 0.3) is 0 Å². The second-order valence-electron chi connectivity index (χ2n) is 8.23. The third kappa shape index (κ3) is 11.9. The minimum Gasteiger partial charge on any atom is -0.369 e. The van der Waals surface area contributed by atoms with Crippen molar-refractivity contribution in [2.45, 2.75) is 57.5 Å². The van der Waals surface area contributed by atoms with E-state index in [1.54, 1.807) is 6.07 Å². The Morgan fingerprint density at radius 2 is 1.74 bits per heavy atom. The highest BCUT2D eigenvalue weighted by Crippen LogP contribution is 2.14. The first kappa shape index (κ1) is 29.4. The Morgan fingerprint density at radius 3 is 2.34 bits per heavy atom. The number of hydrogen-bond acceptors (Lipinski definition) is 6. The first-order valence-corrected chi connectivity index (χ1v) is 11.4. The lowest BCUT2D eigenvalue weighted by Gasteiger charge is -2.18. The number of benzene rings is 1. The molecule has 0 aromatic heterocycles. The number of unbranched alkanes of at least 4 members (excludes halogenated alkanes) is 1. The zero-order valence-corrected chi connectivity index (χ0v) is 19.8. The Labute approximate surface area is 203 Å². The van der Waals surface area contributed by atoms with Crippen LogP contribution >= 0.6 is 0 Å². The maximum absolute atomic E-state index is 13.2. The van der Waals surface area contributed by atoms with Gasteiger partial charge in [0.1, 0.15) is 11.9 Å². The van der Waals surface area contributed by atoms with Crippen molar-refractivity contribution in [3.63, 3.8) is 0 Å².